The van der Waals surface area contributed by atoms with E-state index in [2.05, 4.69) is 4.98 Å². The first kappa shape index (κ1) is 12.8. The van der Waals surface area contributed by atoms with Gasteiger partial charge in [0.05, 0.1) is 6.04 Å². The molecule has 2 N–H and O–H groups in total. The maximum atomic E-state index is 11.8. The van der Waals surface area contributed by atoms with E-state index in [0.717, 1.165) is 12.1 Å². The summed E-state index contributed by atoms with van der Waals surface area (Å²) in [6, 6.07) is 3.12. The van der Waals surface area contributed by atoms with Gasteiger partial charge in [0, 0.05) is 31.2 Å². The van der Waals surface area contributed by atoms with Gasteiger partial charge in [0.2, 0.25) is 0 Å². The third kappa shape index (κ3) is 3.72. The van der Waals surface area contributed by atoms with Crippen molar-refractivity contribution in [2.45, 2.75) is 25.8 Å². The lowest BCUT2D eigenvalue weighted by Crippen LogP contribution is -2.30. The first-order valence-corrected chi connectivity index (χ1v) is 5.36. The molecule has 0 aliphatic carbocycles. The molecule has 1 atom stereocenters. The third-order valence-electron chi connectivity index (χ3n) is 2.40. The van der Waals surface area contributed by atoms with Crippen LogP contribution in [-0.4, -0.2) is 30.5 Å². The number of methoxy groups -OCH3 is 1. The second-order valence-corrected chi connectivity index (χ2v) is 3.79. The number of hydrogen-bond donors (Lipinski definition) is 1. The number of pyridine rings is 1. The van der Waals surface area contributed by atoms with Crippen molar-refractivity contribution in [1.29, 1.82) is 0 Å². The maximum Gasteiger partial charge on any atom is 0.181 e. The normalized spacial score (nSPS) is 12.4. The number of nitrogens with zero attached hydrogens (tertiary/aromatic N) is 1. The van der Waals surface area contributed by atoms with Crippen molar-refractivity contribution in [3.63, 3.8) is 0 Å². The number of aromatic nitrogens is 1. The van der Waals surface area contributed by atoms with Gasteiger partial charge in [0.15, 0.2) is 5.78 Å². The molecule has 0 saturated carbocycles. The number of carbonyl (C=O) groups excluding carboxylic acids is 1. The van der Waals surface area contributed by atoms with Gasteiger partial charge in [0.25, 0.3) is 0 Å². The second-order valence-electron chi connectivity index (χ2n) is 3.79. The Bertz CT molecular complexity index is 335. The number of aryl methyl sites for hydroxylation is 1. The Hall–Kier alpha value is -1.26. The summed E-state index contributed by atoms with van der Waals surface area (Å²) in [6.45, 7) is 2.51. The summed E-state index contributed by atoms with van der Waals surface area (Å²) >= 11 is 0. The van der Waals surface area contributed by atoms with Gasteiger partial charge in [-0.2, -0.15) is 0 Å². The molecule has 88 valence electrons. The molecule has 0 spiro atoms. The Labute approximate surface area is 95.8 Å². The fourth-order valence-corrected chi connectivity index (χ4v) is 1.41. The predicted molar refractivity (Wildman–Crippen MR) is 62.4 cm³/mol. The van der Waals surface area contributed by atoms with Crippen LogP contribution in [0.25, 0.3) is 0 Å². The van der Waals surface area contributed by atoms with Crippen molar-refractivity contribution in [3.8, 4) is 0 Å². The minimum atomic E-state index is -0.459. The van der Waals surface area contributed by atoms with Gasteiger partial charge < -0.3 is 10.5 Å². The van der Waals surface area contributed by atoms with Crippen LogP contribution in [0.3, 0.4) is 0 Å². The van der Waals surface area contributed by atoms with Crippen molar-refractivity contribution in [3.05, 3.63) is 29.6 Å². The average Bonchev–Trinajstić information content (AvgIpc) is 2.29. The molecule has 4 nitrogen and oxygen atoms in total. The van der Waals surface area contributed by atoms with Gasteiger partial charge >= 0.3 is 0 Å². The SMILES string of the molecule is COCCCC(N)C(=O)c1ccc(C)nc1. The highest BCUT2D eigenvalue weighted by atomic mass is 16.5. The van der Waals surface area contributed by atoms with Crippen LogP contribution in [0.1, 0.15) is 28.9 Å². The van der Waals surface area contributed by atoms with Gasteiger partial charge in [0.1, 0.15) is 0 Å². The molecular weight excluding hydrogens is 204 g/mol. The smallest absolute Gasteiger partial charge is 0.181 e. The lowest BCUT2D eigenvalue weighted by atomic mass is 10.0. The van der Waals surface area contributed by atoms with Crippen molar-refractivity contribution in [2.75, 3.05) is 13.7 Å². The second kappa shape index (κ2) is 6.35. The van der Waals surface area contributed by atoms with Gasteiger partial charge in [-0.1, -0.05) is 0 Å². The Morgan fingerprint density at radius 2 is 2.31 bits per heavy atom. The van der Waals surface area contributed by atoms with Crippen molar-refractivity contribution in [2.24, 2.45) is 5.73 Å². The largest absolute Gasteiger partial charge is 0.385 e. The number of nitrogens with two attached hydrogens (primary N) is 1. The Morgan fingerprint density at radius 3 is 2.88 bits per heavy atom. The van der Waals surface area contributed by atoms with Crippen molar-refractivity contribution >= 4 is 5.78 Å². The molecule has 0 fully saturated rings. The summed E-state index contributed by atoms with van der Waals surface area (Å²) in [5, 5.41) is 0. The zero-order valence-corrected chi connectivity index (χ0v) is 9.77. The number of ether oxygens (including phenoxy) is 1. The van der Waals surface area contributed by atoms with E-state index in [1.54, 1.807) is 19.4 Å². The molecule has 0 bridgehead atoms. The number of rotatable bonds is 6. The molecule has 1 heterocycles. The highest BCUT2D eigenvalue weighted by Gasteiger charge is 2.15. The number of hydrogen-bond acceptors (Lipinski definition) is 4. The molecule has 4 heteroatoms. The first-order valence-electron chi connectivity index (χ1n) is 5.36. The summed E-state index contributed by atoms with van der Waals surface area (Å²) < 4.78 is 4.91. The van der Waals surface area contributed by atoms with Crippen LogP contribution in [-0.2, 0) is 4.74 Å². The summed E-state index contributed by atoms with van der Waals surface area (Å²) in [4.78, 5) is 15.9. The standard InChI is InChI=1S/C12H18N2O2/c1-9-5-6-10(8-14-9)12(15)11(13)4-3-7-16-2/h5-6,8,11H,3-4,7,13H2,1-2H3. The molecule has 1 rings (SSSR count). The molecule has 0 aliphatic rings. The van der Waals surface area contributed by atoms with Crippen LogP contribution in [0.2, 0.25) is 0 Å². The maximum absolute atomic E-state index is 11.8. The van der Waals surface area contributed by atoms with Crippen LogP contribution in [0, 0.1) is 6.92 Å². The molecule has 16 heavy (non-hydrogen) atoms. The van der Waals surface area contributed by atoms with Crippen LogP contribution < -0.4 is 5.73 Å². The average molecular weight is 222 g/mol. The van der Waals surface area contributed by atoms with E-state index in [1.165, 1.54) is 0 Å². The summed E-state index contributed by atoms with van der Waals surface area (Å²) in [5.74, 6) is -0.0522. The number of carbonyl (C=O) groups is 1. The fraction of sp³-hybridized carbons (Fsp3) is 0.500. The van der Waals surface area contributed by atoms with Crippen molar-refractivity contribution < 1.29 is 9.53 Å². The van der Waals surface area contributed by atoms with Crippen LogP contribution in [0.15, 0.2) is 18.3 Å². The van der Waals surface area contributed by atoms with Gasteiger partial charge in [-0.3, -0.25) is 9.78 Å². The zero-order chi connectivity index (χ0) is 12.0. The topological polar surface area (TPSA) is 65.2 Å². The minimum Gasteiger partial charge on any atom is -0.385 e. The quantitative estimate of drug-likeness (QED) is 0.582. The summed E-state index contributed by atoms with van der Waals surface area (Å²) in [6.07, 6.45) is 3.01. The van der Waals surface area contributed by atoms with E-state index in [1.807, 2.05) is 13.0 Å². The third-order valence-corrected chi connectivity index (χ3v) is 2.40. The first-order chi connectivity index (χ1) is 7.65. The molecular formula is C12H18N2O2. The van der Waals surface area contributed by atoms with E-state index in [9.17, 15) is 4.79 Å². The molecule has 1 aromatic rings. The van der Waals surface area contributed by atoms with Crippen LogP contribution in [0.5, 0.6) is 0 Å². The number of ketones is 1. The van der Waals surface area contributed by atoms with E-state index in [0.29, 0.717) is 18.6 Å². The van der Waals surface area contributed by atoms with Crippen LogP contribution in [0.4, 0.5) is 0 Å². The zero-order valence-electron chi connectivity index (χ0n) is 9.77. The van der Waals surface area contributed by atoms with Gasteiger partial charge in [-0.15, -0.1) is 0 Å². The Kier molecular flexibility index (Phi) is 5.08. The lowest BCUT2D eigenvalue weighted by Gasteiger charge is -2.09. The van der Waals surface area contributed by atoms with Gasteiger partial charge in [-0.05, 0) is 31.9 Å². The highest BCUT2D eigenvalue weighted by Crippen LogP contribution is 2.06. The summed E-state index contributed by atoms with van der Waals surface area (Å²) in [7, 11) is 1.64. The van der Waals surface area contributed by atoms with E-state index in [4.69, 9.17) is 10.5 Å². The van der Waals surface area contributed by atoms with E-state index >= 15 is 0 Å². The van der Waals surface area contributed by atoms with E-state index in [-0.39, 0.29) is 5.78 Å². The molecule has 0 aromatic carbocycles. The van der Waals surface area contributed by atoms with Crippen LogP contribution >= 0.6 is 0 Å². The van der Waals surface area contributed by atoms with Crippen molar-refractivity contribution in [1.82, 2.24) is 4.98 Å². The fourth-order valence-electron chi connectivity index (χ4n) is 1.41. The molecule has 0 amide bonds. The van der Waals surface area contributed by atoms with Gasteiger partial charge in [-0.25, -0.2) is 0 Å². The Morgan fingerprint density at radius 1 is 1.56 bits per heavy atom. The summed E-state index contributed by atoms with van der Waals surface area (Å²) in [5.41, 5.74) is 7.27. The minimum absolute atomic E-state index is 0.0522. The molecule has 0 aliphatic heterocycles. The molecule has 1 aromatic heterocycles. The highest BCUT2D eigenvalue weighted by molar-refractivity contribution is 5.99. The predicted octanol–water partition coefficient (Wildman–Crippen LogP) is 1.33. The molecule has 0 radical (unpaired) electrons. The van der Waals surface area contributed by atoms with E-state index < -0.39 is 6.04 Å². The lowest BCUT2D eigenvalue weighted by molar-refractivity contribution is 0.0950. The molecule has 1 unspecified atom stereocenters. The molecule has 0 saturated heterocycles. The Balaban J connectivity index is 2.53. The monoisotopic (exact) mass is 222 g/mol. The number of Topliss-reactive ketones (excluding diaryl/α,β-unsaturated/α-hetero) is 1.